The molecule has 212 valence electrons. The van der Waals surface area contributed by atoms with Crippen LogP contribution in [0.2, 0.25) is 0 Å². The fraction of sp³-hybridized carbons (Fsp3) is 0.429. The summed E-state index contributed by atoms with van der Waals surface area (Å²) in [6, 6.07) is 9.85. The number of anilines is 3. The third kappa shape index (κ3) is 5.81. The largest absolute Gasteiger partial charge is 0.417 e. The molecule has 9 nitrogen and oxygen atoms in total. The molecule has 4 heterocycles. The maximum absolute atomic E-state index is 13.4. The van der Waals surface area contributed by atoms with Crippen molar-refractivity contribution in [2.45, 2.75) is 31.0 Å². The lowest BCUT2D eigenvalue weighted by Crippen LogP contribution is -2.44. The Morgan fingerprint density at radius 3 is 2.58 bits per heavy atom. The number of nitrogens with zero attached hydrogens (tertiary/aromatic N) is 5. The van der Waals surface area contributed by atoms with Crippen LogP contribution < -0.4 is 21.3 Å². The number of carbonyl (C=O) groups is 1. The Hall–Kier alpha value is -3.93. The number of aromatic nitrogens is 3. The molecule has 2 aromatic heterocycles. The zero-order chi connectivity index (χ0) is 28.4. The molecule has 3 aromatic rings. The van der Waals surface area contributed by atoms with Gasteiger partial charge in [-0.2, -0.15) is 13.2 Å². The summed E-state index contributed by atoms with van der Waals surface area (Å²) in [5.74, 6) is 0.681. The molecule has 1 saturated heterocycles. The van der Waals surface area contributed by atoms with Gasteiger partial charge in [0.1, 0.15) is 11.9 Å². The summed E-state index contributed by atoms with van der Waals surface area (Å²) in [5.41, 5.74) is 8.05. The number of carbonyl (C=O) groups excluding carboxylic acids is 1. The van der Waals surface area contributed by atoms with Crippen molar-refractivity contribution >= 4 is 23.4 Å². The van der Waals surface area contributed by atoms with E-state index in [-0.39, 0.29) is 5.91 Å². The number of rotatable bonds is 7. The van der Waals surface area contributed by atoms with Crippen molar-refractivity contribution in [1.29, 1.82) is 0 Å². The lowest BCUT2D eigenvalue weighted by molar-refractivity contribution is -0.138. The van der Waals surface area contributed by atoms with Crippen LogP contribution in [0.25, 0.3) is 0 Å². The minimum Gasteiger partial charge on any atom is -0.375 e. The van der Waals surface area contributed by atoms with Crippen LogP contribution in [0.1, 0.15) is 47.2 Å². The van der Waals surface area contributed by atoms with Crippen LogP contribution in [0.4, 0.5) is 30.6 Å². The van der Waals surface area contributed by atoms with Crippen molar-refractivity contribution < 1.29 is 18.0 Å². The molecule has 0 aliphatic carbocycles. The van der Waals surface area contributed by atoms with Crippen LogP contribution in [0, 0.1) is 5.92 Å². The molecule has 2 atom stereocenters. The number of benzene rings is 1. The number of piperidine rings is 1. The maximum Gasteiger partial charge on any atom is 0.417 e. The topological polar surface area (TPSA) is 112 Å². The number of likely N-dealkylation sites (tertiary alicyclic amines) is 1. The van der Waals surface area contributed by atoms with Crippen LogP contribution in [0.5, 0.6) is 0 Å². The van der Waals surface area contributed by atoms with Gasteiger partial charge in [0.25, 0.3) is 0 Å². The zero-order valence-corrected chi connectivity index (χ0v) is 22.4. The third-order valence-corrected chi connectivity index (χ3v) is 7.60. The molecular formula is C28H33F3N8O. The van der Waals surface area contributed by atoms with E-state index < -0.39 is 23.7 Å². The summed E-state index contributed by atoms with van der Waals surface area (Å²) in [5, 5.41) is 6.42. The lowest BCUT2D eigenvalue weighted by atomic mass is 9.95. The summed E-state index contributed by atoms with van der Waals surface area (Å²) in [7, 11) is 3.70. The zero-order valence-electron chi connectivity index (χ0n) is 22.4. The van der Waals surface area contributed by atoms with E-state index in [1.54, 1.807) is 6.20 Å². The van der Waals surface area contributed by atoms with Crippen molar-refractivity contribution in [2.75, 3.05) is 55.8 Å². The molecule has 2 aliphatic rings. The van der Waals surface area contributed by atoms with Gasteiger partial charge >= 0.3 is 6.18 Å². The SMILES string of the molecule is CN(C)c1cnc(NCC2CCN(C(=O)[C@H](N)c3ccccc3)CC2)nc1C1CNc2ncc(C(F)(F)F)cc21. The standard InChI is InChI=1S/C28H33F3N8O/c1-38(2)22-16-36-27(37-24(22)21-15-34-25-20(21)12-19(14-33-25)28(29,30)31)35-13-17-8-10-39(11-9-17)26(40)23(32)18-6-4-3-5-7-18/h3-7,12,14,16-17,21,23H,8-11,13,15,32H2,1-2H3,(H,33,34)(H,35,36,37)/t21?,23-/m1/s1. The summed E-state index contributed by atoms with van der Waals surface area (Å²) >= 11 is 0. The summed E-state index contributed by atoms with van der Waals surface area (Å²) in [6.45, 7) is 2.25. The number of nitrogens with one attached hydrogen (secondary N) is 2. The van der Waals surface area contributed by atoms with Gasteiger partial charge < -0.3 is 26.2 Å². The van der Waals surface area contributed by atoms with Gasteiger partial charge in [-0.05, 0) is 30.4 Å². The van der Waals surface area contributed by atoms with Crippen molar-refractivity contribution in [3.8, 4) is 0 Å². The molecule has 0 bridgehead atoms. The second-order valence-electron chi connectivity index (χ2n) is 10.5. The monoisotopic (exact) mass is 554 g/mol. The minimum atomic E-state index is -4.48. The molecule has 2 aliphatic heterocycles. The van der Waals surface area contributed by atoms with Crippen molar-refractivity contribution in [1.82, 2.24) is 19.9 Å². The van der Waals surface area contributed by atoms with Crippen LogP contribution in [0.3, 0.4) is 0 Å². The van der Waals surface area contributed by atoms with Gasteiger partial charge in [-0.3, -0.25) is 4.79 Å². The second kappa shape index (κ2) is 11.3. The van der Waals surface area contributed by atoms with Gasteiger partial charge in [-0.1, -0.05) is 30.3 Å². The molecule has 5 rings (SSSR count). The first-order chi connectivity index (χ1) is 19.1. The number of halogens is 3. The van der Waals surface area contributed by atoms with E-state index in [2.05, 4.69) is 20.6 Å². The van der Waals surface area contributed by atoms with Gasteiger partial charge in [0, 0.05) is 58.0 Å². The average molecular weight is 555 g/mol. The Kier molecular flexibility index (Phi) is 7.79. The van der Waals surface area contributed by atoms with Crippen molar-refractivity contribution in [3.63, 3.8) is 0 Å². The third-order valence-electron chi connectivity index (χ3n) is 7.60. The number of fused-ring (bicyclic) bond motifs is 1. The Labute approximate surface area is 231 Å². The van der Waals surface area contributed by atoms with E-state index in [0.717, 1.165) is 36.4 Å². The molecule has 0 spiro atoms. The first-order valence-corrected chi connectivity index (χ1v) is 13.3. The predicted molar refractivity (Wildman–Crippen MR) is 147 cm³/mol. The van der Waals surface area contributed by atoms with E-state index in [1.807, 2.05) is 54.2 Å². The number of nitrogens with two attached hydrogens (primary N) is 1. The van der Waals surface area contributed by atoms with Gasteiger partial charge in [0.05, 0.1) is 23.1 Å². The minimum absolute atomic E-state index is 0.0708. The summed E-state index contributed by atoms with van der Waals surface area (Å²) in [6.07, 6.45) is -0.313. The fourth-order valence-electron chi connectivity index (χ4n) is 5.27. The predicted octanol–water partition coefficient (Wildman–Crippen LogP) is 3.86. The highest BCUT2D eigenvalue weighted by Gasteiger charge is 2.36. The highest BCUT2D eigenvalue weighted by Crippen LogP contribution is 2.40. The normalized spacial score (nSPS) is 18.1. The van der Waals surface area contributed by atoms with Crippen molar-refractivity contribution in [3.05, 3.63) is 71.2 Å². The first-order valence-electron chi connectivity index (χ1n) is 13.3. The van der Waals surface area contributed by atoms with Crippen molar-refractivity contribution in [2.24, 2.45) is 11.7 Å². The number of hydrogen-bond acceptors (Lipinski definition) is 8. The van der Waals surface area contributed by atoms with E-state index in [1.165, 1.54) is 0 Å². The average Bonchev–Trinajstić information content (AvgIpc) is 3.39. The van der Waals surface area contributed by atoms with Crippen LogP contribution >= 0.6 is 0 Å². The van der Waals surface area contributed by atoms with Gasteiger partial charge in [0.2, 0.25) is 11.9 Å². The Bertz CT molecular complexity index is 1340. The quantitative estimate of drug-likeness (QED) is 0.404. The molecule has 1 aromatic carbocycles. The Balaban J connectivity index is 1.24. The maximum atomic E-state index is 13.4. The Morgan fingerprint density at radius 2 is 1.90 bits per heavy atom. The molecule has 1 amide bonds. The molecule has 1 fully saturated rings. The van der Waals surface area contributed by atoms with Crippen LogP contribution in [-0.4, -0.2) is 66.0 Å². The summed E-state index contributed by atoms with van der Waals surface area (Å²) < 4.78 is 40.2. The van der Waals surface area contributed by atoms with E-state index >= 15 is 0 Å². The molecule has 4 N–H and O–H groups in total. The molecular weight excluding hydrogens is 521 g/mol. The smallest absolute Gasteiger partial charge is 0.375 e. The lowest BCUT2D eigenvalue weighted by Gasteiger charge is -2.33. The number of pyridine rings is 1. The first kappa shape index (κ1) is 27.6. The molecule has 12 heteroatoms. The number of alkyl halides is 3. The molecule has 0 radical (unpaired) electrons. The van der Waals surface area contributed by atoms with Crippen LogP contribution in [0.15, 0.2) is 48.8 Å². The van der Waals surface area contributed by atoms with Gasteiger partial charge in [0.15, 0.2) is 0 Å². The fourth-order valence-corrected chi connectivity index (χ4v) is 5.27. The molecule has 40 heavy (non-hydrogen) atoms. The highest BCUT2D eigenvalue weighted by atomic mass is 19.4. The molecule has 1 unspecified atom stereocenters. The highest BCUT2D eigenvalue weighted by molar-refractivity contribution is 5.83. The summed E-state index contributed by atoms with van der Waals surface area (Å²) in [4.78, 5) is 29.8. The number of amides is 1. The van der Waals surface area contributed by atoms with Gasteiger partial charge in [-0.25, -0.2) is 15.0 Å². The van der Waals surface area contributed by atoms with E-state index in [0.29, 0.717) is 55.1 Å². The van der Waals surface area contributed by atoms with Crippen LogP contribution in [-0.2, 0) is 11.0 Å². The second-order valence-corrected chi connectivity index (χ2v) is 10.5. The Morgan fingerprint density at radius 1 is 1.18 bits per heavy atom. The van der Waals surface area contributed by atoms with E-state index in [4.69, 9.17) is 10.7 Å². The van der Waals surface area contributed by atoms with Gasteiger partial charge in [-0.15, -0.1) is 0 Å². The van der Waals surface area contributed by atoms with E-state index in [9.17, 15) is 18.0 Å². The molecule has 0 saturated carbocycles. The number of hydrogen-bond donors (Lipinski definition) is 3.